The van der Waals surface area contributed by atoms with Crippen LogP contribution in [0.25, 0.3) is 0 Å². The van der Waals surface area contributed by atoms with Gasteiger partial charge in [-0.15, -0.1) is 0 Å². The van der Waals surface area contributed by atoms with Gasteiger partial charge in [0.2, 0.25) is 0 Å². The molecule has 0 aliphatic carbocycles. The Labute approximate surface area is 139 Å². The van der Waals surface area contributed by atoms with E-state index in [-0.39, 0.29) is 6.61 Å². The van der Waals surface area contributed by atoms with Crippen molar-refractivity contribution in [2.75, 3.05) is 13.7 Å². The summed E-state index contributed by atoms with van der Waals surface area (Å²) in [6.45, 7) is 8.83. The third kappa shape index (κ3) is 5.84. The van der Waals surface area contributed by atoms with Gasteiger partial charge < -0.3 is 14.6 Å². The molecule has 0 saturated carbocycles. The molecule has 0 radical (unpaired) electrons. The second kappa shape index (κ2) is 7.79. The summed E-state index contributed by atoms with van der Waals surface area (Å²) in [6.07, 6.45) is 0.0166. The van der Waals surface area contributed by atoms with Crippen molar-refractivity contribution >= 4 is 6.09 Å². The number of ether oxygens (including phenoxy) is 2. The Morgan fingerprint density at radius 1 is 1.17 bits per heavy atom. The van der Waals surface area contributed by atoms with Crippen LogP contribution in [-0.2, 0) is 15.9 Å². The number of amides is 1. The number of methoxy groups -OCH3 is 1. The van der Waals surface area contributed by atoms with E-state index in [1.165, 1.54) is 12.0 Å². The average molecular weight is 323 g/mol. The normalized spacial score (nSPS) is 13.5. The number of nitrogens with zero attached hydrogens (tertiary/aromatic N) is 1. The van der Waals surface area contributed by atoms with Crippen LogP contribution in [0.1, 0.15) is 40.2 Å². The van der Waals surface area contributed by atoms with Crippen molar-refractivity contribution in [3.8, 4) is 0 Å². The predicted molar refractivity (Wildman–Crippen MR) is 90.2 cm³/mol. The molecule has 0 spiro atoms. The Kier molecular flexibility index (Phi) is 6.59. The van der Waals surface area contributed by atoms with E-state index in [0.717, 1.165) is 5.56 Å². The Bertz CT molecular complexity index is 493. The molecular weight excluding hydrogens is 294 g/mol. The first-order valence-corrected chi connectivity index (χ1v) is 7.83. The summed E-state index contributed by atoms with van der Waals surface area (Å²) in [7, 11) is 1.54. The van der Waals surface area contributed by atoms with E-state index in [1.54, 1.807) is 13.8 Å². The molecule has 1 aromatic carbocycles. The molecule has 1 aromatic rings. The van der Waals surface area contributed by atoms with Gasteiger partial charge in [-0.1, -0.05) is 30.3 Å². The lowest BCUT2D eigenvalue weighted by atomic mass is 10.0. The Morgan fingerprint density at radius 2 is 1.74 bits per heavy atom. The van der Waals surface area contributed by atoms with Gasteiger partial charge in [-0.05, 0) is 46.6 Å². The highest BCUT2D eigenvalue weighted by molar-refractivity contribution is 5.69. The number of rotatable bonds is 6. The van der Waals surface area contributed by atoms with Crippen LogP contribution in [0.15, 0.2) is 30.3 Å². The van der Waals surface area contributed by atoms with Crippen LogP contribution >= 0.6 is 0 Å². The van der Waals surface area contributed by atoms with Crippen molar-refractivity contribution in [3.63, 3.8) is 0 Å². The lowest BCUT2D eigenvalue weighted by molar-refractivity contribution is -0.128. The molecule has 0 unspecified atom stereocenters. The minimum Gasteiger partial charge on any atom is -0.444 e. The summed E-state index contributed by atoms with van der Waals surface area (Å²) in [6, 6.07) is 9.29. The SMILES string of the molecule is COC(C)(C)N(C(=O)OC(C)(C)C)[C@H](CO)Cc1ccccc1. The lowest BCUT2D eigenvalue weighted by Gasteiger charge is -2.42. The van der Waals surface area contributed by atoms with E-state index < -0.39 is 23.5 Å². The maximum Gasteiger partial charge on any atom is 0.412 e. The summed E-state index contributed by atoms with van der Waals surface area (Å²) in [4.78, 5) is 14.1. The first-order chi connectivity index (χ1) is 10.6. The number of carbonyl (C=O) groups is 1. The topological polar surface area (TPSA) is 59.0 Å². The van der Waals surface area contributed by atoms with Gasteiger partial charge in [0.05, 0.1) is 12.6 Å². The van der Waals surface area contributed by atoms with E-state index in [4.69, 9.17) is 9.47 Å². The second-order valence-electron chi connectivity index (χ2n) is 7.03. The van der Waals surface area contributed by atoms with Crippen molar-refractivity contribution in [1.29, 1.82) is 0 Å². The summed E-state index contributed by atoms with van der Waals surface area (Å²) >= 11 is 0. The fourth-order valence-corrected chi connectivity index (χ4v) is 2.34. The molecule has 1 amide bonds. The number of carbonyl (C=O) groups excluding carboxylic acids is 1. The Hall–Kier alpha value is -1.59. The summed E-state index contributed by atoms with van der Waals surface area (Å²) in [5.74, 6) is 0. The number of aliphatic hydroxyl groups is 1. The third-order valence-electron chi connectivity index (χ3n) is 3.56. The van der Waals surface area contributed by atoms with Gasteiger partial charge in [0.25, 0.3) is 0 Å². The molecule has 5 nitrogen and oxygen atoms in total. The van der Waals surface area contributed by atoms with Crippen LogP contribution in [0.2, 0.25) is 0 Å². The molecule has 0 aliphatic heterocycles. The zero-order valence-electron chi connectivity index (χ0n) is 15.0. The number of benzene rings is 1. The zero-order chi connectivity index (χ0) is 17.7. The number of aliphatic hydroxyl groups excluding tert-OH is 1. The first kappa shape index (κ1) is 19.5. The Morgan fingerprint density at radius 3 is 2.17 bits per heavy atom. The smallest absolute Gasteiger partial charge is 0.412 e. The zero-order valence-corrected chi connectivity index (χ0v) is 15.0. The molecule has 23 heavy (non-hydrogen) atoms. The van der Waals surface area contributed by atoms with Gasteiger partial charge >= 0.3 is 6.09 Å². The minimum absolute atomic E-state index is 0.180. The maximum absolute atomic E-state index is 12.7. The van der Waals surface area contributed by atoms with E-state index in [9.17, 15) is 9.90 Å². The van der Waals surface area contributed by atoms with E-state index in [0.29, 0.717) is 6.42 Å². The molecule has 1 rings (SSSR count). The largest absolute Gasteiger partial charge is 0.444 e. The summed E-state index contributed by atoms with van der Waals surface area (Å²) in [5.41, 5.74) is -0.483. The minimum atomic E-state index is -0.898. The molecule has 0 bridgehead atoms. The number of hydrogen-bond donors (Lipinski definition) is 1. The monoisotopic (exact) mass is 323 g/mol. The van der Waals surface area contributed by atoms with Crippen molar-refractivity contribution in [2.24, 2.45) is 0 Å². The van der Waals surface area contributed by atoms with Gasteiger partial charge in [0.15, 0.2) is 0 Å². The van der Waals surface area contributed by atoms with Gasteiger partial charge in [0.1, 0.15) is 11.3 Å². The number of hydrogen-bond acceptors (Lipinski definition) is 4. The molecule has 1 N–H and O–H groups in total. The summed E-state index contributed by atoms with van der Waals surface area (Å²) in [5, 5.41) is 9.86. The second-order valence-corrected chi connectivity index (χ2v) is 7.03. The molecule has 130 valence electrons. The van der Waals surface area contributed by atoms with Crippen molar-refractivity contribution in [1.82, 2.24) is 4.90 Å². The molecule has 0 fully saturated rings. The van der Waals surface area contributed by atoms with Crippen LogP contribution in [0.4, 0.5) is 4.79 Å². The van der Waals surface area contributed by atoms with Gasteiger partial charge in [-0.2, -0.15) is 0 Å². The van der Waals surface area contributed by atoms with Crippen molar-refractivity contribution in [2.45, 2.75) is 58.4 Å². The van der Waals surface area contributed by atoms with E-state index >= 15 is 0 Å². The van der Waals surface area contributed by atoms with Crippen molar-refractivity contribution < 1.29 is 19.4 Å². The lowest BCUT2D eigenvalue weighted by Crippen LogP contribution is -2.57. The highest BCUT2D eigenvalue weighted by Crippen LogP contribution is 2.24. The van der Waals surface area contributed by atoms with Gasteiger partial charge in [-0.3, -0.25) is 4.90 Å². The standard InChI is InChI=1S/C18H29NO4/c1-17(2,3)23-16(21)19(18(4,5)22-6)15(13-20)12-14-10-8-7-9-11-14/h7-11,15,20H,12-13H2,1-6H3/t15-/m0/s1. The van der Waals surface area contributed by atoms with E-state index in [2.05, 4.69) is 0 Å². The molecule has 0 heterocycles. The maximum atomic E-state index is 12.7. The quantitative estimate of drug-likeness (QED) is 0.817. The molecule has 1 atom stereocenters. The van der Waals surface area contributed by atoms with Crippen LogP contribution in [0.3, 0.4) is 0 Å². The van der Waals surface area contributed by atoms with Crippen LogP contribution in [-0.4, -0.2) is 47.2 Å². The highest BCUT2D eigenvalue weighted by atomic mass is 16.6. The first-order valence-electron chi connectivity index (χ1n) is 7.83. The third-order valence-corrected chi connectivity index (χ3v) is 3.56. The molecule has 5 heteroatoms. The molecular formula is C18H29NO4. The van der Waals surface area contributed by atoms with Gasteiger partial charge in [0, 0.05) is 7.11 Å². The fourth-order valence-electron chi connectivity index (χ4n) is 2.34. The van der Waals surface area contributed by atoms with E-state index in [1.807, 2.05) is 51.1 Å². The molecule has 0 saturated heterocycles. The van der Waals surface area contributed by atoms with Crippen LogP contribution in [0.5, 0.6) is 0 Å². The molecule has 0 aliphatic rings. The van der Waals surface area contributed by atoms with Crippen molar-refractivity contribution in [3.05, 3.63) is 35.9 Å². The average Bonchev–Trinajstić information content (AvgIpc) is 2.45. The predicted octanol–water partition coefficient (Wildman–Crippen LogP) is 3.21. The highest BCUT2D eigenvalue weighted by Gasteiger charge is 2.39. The Balaban J connectivity index is 3.08. The van der Waals surface area contributed by atoms with Gasteiger partial charge in [-0.25, -0.2) is 4.79 Å². The van der Waals surface area contributed by atoms with Crippen LogP contribution < -0.4 is 0 Å². The fraction of sp³-hybridized carbons (Fsp3) is 0.611. The van der Waals surface area contributed by atoms with Crippen LogP contribution in [0, 0.1) is 0 Å². The molecule has 0 aromatic heterocycles. The summed E-state index contributed by atoms with van der Waals surface area (Å²) < 4.78 is 11.0.